The van der Waals surface area contributed by atoms with Crippen LogP contribution in [0, 0.1) is 0 Å². The molecule has 0 saturated carbocycles. The number of benzene rings is 2. The Morgan fingerprint density at radius 2 is 1.81 bits per heavy atom. The smallest absolute Gasteiger partial charge is 0.166 e. The zero-order valence-corrected chi connectivity index (χ0v) is 13.0. The molecule has 1 heterocycles. The predicted octanol–water partition coefficient (Wildman–Crippen LogP) is 3.96. The highest BCUT2D eigenvalue weighted by molar-refractivity contribution is 9.10. The van der Waals surface area contributed by atoms with Gasteiger partial charge in [0, 0.05) is 16.6 Å². The number of anilines is 1. The van der Waals surface area contributed by atoms with E-state index in [9.17, 15) is 4.79 Å². The molecule has 2 aromatic carbocycles. The van der Waals surface area contributed by atoms with Crippen LogP contribution in [0.15, 0.2) is 59.1 Å². The standard InChI is InChI=1S/C17H16BrNO2/c18-13-6-8-14(9-7-13)19-16(12-4-2-1-3-5-12)17-15(20)10-11-21-17/h1-9,16-17,19H,10-11H2/t16-,17-/m0/s1. The van der Waals surface area contributed by atoms with Crippen molar-refractivity contribution >= 4 is 27.4 Å². The number of hydrogen-bond acceptors (Lipinski definition) is 3. The average molecular weight is 346 g/mol. The molecule has 0 radical (unpaired) electrons. The lowest BCUT2D eigenvalue weighted by molar-refractivity contribution is -0.122. The van der Waals surface area contributed by atoms with Crippen LogP contribution in [0.5, 0.6) is 0 Å². The molecule has 1 saturated heterocycles. The molecular weight excluding hydrogens is 330 g/mol. The van der Waals surface area contributed by atoms with Crippen molar-refractivity contribution < 1.29 is 9.53 Å². The van der Waals surface area contributed by atoms with Gasteiger partial charge in [0.05, 0.1) is 12.6 Å². The Kier molecular flexibility index (Phi) is 4.36. The monoisotopic (exact) mass is 345 g/mol. The SMILES string of the molecule is O=C1CCO[C@@H]1[C@@H](Nc1ccc(Br)cc1)c1ccccc1. The summed E-state index contributed by atoms with van der Waals surface area (Å²) < 4.78 is 6.68. The van der Waals surface area contributed by atoms with Crippen molar-refractivity contribution in [3.05, 3.63) is 64.6 Å². The van der Waals surface area contributed by atoms with E-state index in [0.717, 1.165) is 15.7 Å². The molecule has 108 valence electrons. The van der Waals surface area contributed by atoms with E-state index in [0.29, 0.717) is 13.0 Å². The van der Waals surface area contributed by atoms with Crippen LogP contribution < -0.4 is 5.32 Å². The maximum absolute atomic E-state index is 12.1. The lowest BCUT2D eigenvalue weighted by Gasteiger charge is -2.25. The van der Waals surface area contributed by atoms with Crippen molar-refractivity contribution in [1.82, 2.24) is 0 Å². The maximum Gasteiger partial charge on any atom is 0.166 e. The number of halogens is 1. The second-order valence-corrected chi connectivity index (χ2v) is 5.96. The highest BCUT2D eigenvalue weighted by Crippen LogP contribution is 2.29. The number of ketones is 1. The first-order valence-corrected chi connectivity index (χ1v) is 7.75. The van der Waals surface area contributed by atoms with Gasteiger partial charge >= 0.3 is 0 Å². The van der Waals surface area contributed by atoms with Crippen LogP contribution in [0.2, 0.25) is 0 Å². The van der Waals surface area contributed by atoms with Gasteiger partial charge in [-0.05, 0) is 29.8 Å². The van der Waals surface area contributed by atoms with Crippen molar-refractivity contribution in [2.75, 3.05) is 11.9 Å². The molecule has 0 aliphatic carbocycles. The molecule has 1 N–H and O–H groups in total. The third-order valence-corrected chi connectivity index (χ3v) is 4.12. The lowest BCUT2D eigenvalue weighted by Crippen LogP contribution is -2.30. The minimum atomic E-state index is -0.420. The number of hydrogen-bond donors (Lipinski definition) is 1. The van der Waals surface area contributed by atoms with Gasteiger partial charge in [0.2, 0.25) is 0 Å². The van der Waals surface area contributed by atoms with Crippen molar-refractivity contribution in [2.45, 2.75) is 18.6 Å². The summed E-state index contributed by atoms with van der Waals surface area (Å²) in [6.45, 7) is 0.509. The Hall–Kier alpha value is -1.65. The Morgan fingerprint density at radius 1 is 1.10 bits per heavy atom. The number of rotatable bonds is 4. The molecule has 3 rings (SSSR count). The van der Waals surface area contributed by atoms with Gasteiger partial charge in [-0.15, -0.1) is 0 Å². The molecule has 21 heavy (non-hydrogen) atoms. The normalized spacial score (nSPS) is 19.5. The zero-order valence-electron chi connectivity index (χ0n) is 11.5. The van der Waals surface area contributed by atoms with E-state index in [2.05, 4.69) is 21.2 Å². The summed E-state index contributed by atoms with van der Waals surface area (Å²) in [5.74, 6) is 0.161. The first-order chi connectivity index (χ1) is 10.2. The molecule has 1 aliphatic rings. The van der Waals surface area contributed by atoms with Crippen LogP contribution in [-0.4, -0.2) is 18.5 Å². The van der Waals surface area contributed by atoms with E-state index in [1.54, 1.807) is 0 Å². The summed E-state index contributed by atoms with van der Waals surface area (Å²) >= 11 is 3.43. The third-order valence-electron chi connectivity index (χ3n) is 3.59. The summed E-state index contributed by atoms with van der Waals surface area (Å²) in [7, 11) is 0. The van der Waals surface area contributed by atoms with Gasteiger partial charge in [0.1, 0.15) is 6.10 Å². The fraction of sp³-hybridized carbons (Fsp3) is 0.235. The van der Waals surface area contributed by atoms with E-state index in [-0.39, 0.29) is 11.8 Å². The van der Waals surface area contributed by atoms with Gasteiger partial charge in [-0.1, -0.05) is 46.3 Å². The second-order valence-electron chi connectivity index (χ2n) is 5.05. The first kappa shape index (κ1) is 14.3. The van der Waals surface area contributed by atoms with E-state index >= 15 is 0 Å². The molecule has 3 nitrogen and oxygen atoms in total. The molecule has 0 bridgehead atoms. The van der Waals surface area contributed by atoms with Gasteiger partial charge in [-0.25, -0.2) is 0 Å². The van der Waals surface area contributed by atoms with Gasteiger partial charge in [-0.3, -0.25) is 4.79 Å². The van der Waals surface area contributed by atoms with Gasteiger partial charge in [0.25, 0.3) is 0 Å². The number of Topliss-reactive ketones (excluding diaryl/α,β-unsaturated/α-hetero) is 1. The molecule has 1 fully saturated rings. The highest BCUT2D eigenvalue weighted by Gasteiger charge is 2.34. The van der Waals surface area contributed by atoms with E-state index in [1.807, 2.05) is 54.6 Å². The van der Waals surface area contributed by atoms with Crippen molar-refractivity contribution in [3.63, 3.8) is 0 Å². The highest BCUT2D eigenvalue weighted by atomic mass is 79.9. The average Bonchev–Trinajstić information content (AvgIpc) is 2.93. The topological polar surface area (TPSA) is 38.3 Å². The minimum Gasteiger partial charge on any atom is -0.375 e. The van der Waals surface area contributed by atoms with Crippen molar-refractivity contribution in [2.24, 2.45) is 0 Å². The molecule has 0 unspecified atom stereocenters. The second kappa shape index (κ2) is 6.41. The van der Waals surface area contributed by atoms with Crippen molar-refractivity contribution in [3.8, 4) is 0 Å². The van der Waals surface area contributed by atoms with Crippen LogP contribution in [0.4, 0.5) is 5.69 Å². The summed E-state index contributed by atoms with van der Waals surface area (Å²) in [5, 5.41) is 3.43. The summed E-state index contributed by atoms with van der Waals surface area (Å²) in [6.07, 6.45) is 0.0757. The molecule has 4 heteroatoms. The minimum absolute atomic E-state index is 0.161. The third kappa shape index (κ3) is 3.34. The molecule has 2 aromatic rings. The number of ether oxygens (including phenoxy) is 1. The number of carbonyl (C=O) groups is 1. The quantitative estimate of drug-likeness (QED) is 0.911. The Labute approximate surface area is 132 Å². The van der Waals surface area contributed by atoms with Crippen LogP contribution in [0.1, 0.15) is 18.0 Å². The predicted molar refractivity (Wildman–Crippen MR) is 86.3 cm³/mol. The fourth-order valence-corrected chi connectivity index (χ4v) is 2.79. The van der Waals surface area contributed by atoms with Crippen LogP contribution in [0.3, 0.4) is 0 Å². The Morgan fingerprint density at radius 3 is 2.43 bits per heavy atom. The Bertz CT molecular complexity index is 612. The van der Waals surface area contributed by atoms with Crippen LogP contribution in [-0.2, 0) is 9.53 Å². The maximum atomic E-state index is 12.1. The van der Waals surface area contributed by atoms with Crippen LogP contribution in [0.25, 0.3) is 0 Å². The van der Waals surface area contributed by atoms with Crippen LogP contribution >= 0.6 is 15.9 Å². The van der Waals surface area contributed by atoms with Gasteiger partial charge in [0.15, 0.2) is 5.78 Å². The molecular formula is C17H16BrNO2. The molecule has 0 aromatic heterocycles. The summed E-state index contributed by atoms with van der Waals surface area (Å²) in [5.41, 5.74) is 2.02. The summed E-state index contributed by atoms with van der Waals surface area (Å²) in [4.78, 5) is 12.1. The molecule has 0 spiro atoms. The van der Waals surface area contributed by atoms with E-state index in [1.165, 1.54) is 0 Å². The molecule has 0 amide bonds. The Balaban J connectivity index is 1.88. The van der Waals surface area contributed by atoms with E-state index in [4.69, 9.17) is 4.74 Å². The van der Waals surface area contributed by atoms with E-state index < -0.39 is 6.10 Å². The van der Waals surface area contributed by atoms with Crippen molar-refractivity contribution in [1.29, 1.82) is 0 Å². The lowest BCUT2D eigenvalue weighted by atomic mass is 9.98. The number of carbonyl (C=O) groups excluding carboxylic acids is 1. The zero-order chi connectivity index (χ0) is 14.7. The number of nitrogens with one attached hydrogen (secondary N) is 1. The first-order valence-electron chi connectivity index (χ1n) is 6.95. The molecule has 1 aliphatic heterocycles. The fourth-order valence-electron chi connectivity index (χ4n) is 2.52. The summed E-state index contributed by atoms with van der Waals surface area (Å²) in [6, 6.07) is 17.7. The van der Waals surface area contributed by atoms with Gasteiger partial charge in [-0.2, -0.15) is 0 Å². The molecule has 2 atom stereocenters. The largest absolute Gasteiger partial charge is 0.375 e. The van der Waals surface area contributed by atoms with Gasteiger partial charge < -0.3 is 10.1 Å².